The standard InChI is InChI=1S/C18H25N3O2S.ClH/c22-17(12-16-13-24-11-8-19-16)20-15-6-9-21(10-7-15)18(23)14-4-2-1-3-5-14;/h1-5,15-16,19H,6-13H2,(H,20,22);1H. The number of carbonyl (C=O) groups is 2. The number of thioether (sulfide) groups is 1. The summed E-state index contributed by atoms with van der Waals surface area (Å²) in [5.74, 6) is 2.36. The molecule has 7 heteroatoms. The normalized spacial score (nSPS) is 21.3. The van der Waals surface area contributed by atoms with Gasteiger partial charge in [-0.2, -0.15) is 11.8 Å². The molecule has 2 amide bonds. The van der Waals surface area contributed by atoms with Crippen molar-refractivity contribution >= 4 is 36.0 Å². The van der Waals surface area contributed by atoms with Crippen molar-refractivity contribution in [3.63, 3.8) is 0 Å². The zero-order valence-corrected chi connectivity index (χ0v) is 15.9. The zero-order valence-electron chi connectivity index (χ0n) is 14.3. The Hall–Kier alpha value is -1.24. The SMILES string of the molecule is Cl.O=C(CC1CSCCN1)NC1CCN(C(=O)c2ccccc2)CC1. The molecule has 2 aliphatic heterocycles. The molecule has 1 aromatic rings. The van der Waals surface area contributed by atoms with Gasteiger partial charge in [-0.15, -0.1) is 12.4 Å². The predicted octanol–water partition coefficient (Wildman–Crippen LogP) is 1.92. The van der Waals surface area contributed by atoms with E-state index in [4.69, 9.17) is 0 Å². The summed E-state index contributed by atoms with van der Waals surface area (Å²) in [6, 6.07) is 9.88. The quantitative estimate of drug-likeness (QED) is 0.834. The molecular weight excluding hydrogens is 358 g/mol. The summed E-state index contributed by atoms with van der Waals surface area (Å²) < 4.78 is 0. The maximum absolute atomic E-state index is 12.4. The molecule has 0 aromatic heterocycles. The lowest BCUT2D eigenvalue weighted by molar-refractivity contribution is -0.122. The fourth-order valence-electron chi connectivity index (χ4n) is 3.25. The first kappa shape index (κ1) is 20.1. The first-order valence-electron chi connectivity index (χ1n) is 8.67. The molecule has 2 fully saturated rings. The second kappa shape index (κ2) is 10.0. The van der Waals surface area contributed by atoms with Crippen LogP contribution < -0.4 is 10.6 Å². The topological polar surface area (TPSA) is 61.4 Å². The number of likely N-dealkylation sites (tertiary alicyclic amines) is 1. The molecule has 1 atom stereocenters. The van der Waals surface area contributed by atoms with Crippen molar-refractivity contribution in [3.05, 3.63) is 35.9 Å². The van der Waals surface area contributed by atoms with Crippen LogP contribution in [-0.2, 0) is 4.79 Å². The summed E-state index contributed by atoms with van der Waals surface area (Å²) in [5.41, 5.74) is 0.737. The summed E-state index contributed by atoms with van der Waals surface area (Å²) in [6.07, 6.45) is 2.21. The van der Waals surface area contributed by atoms with Crippen LogP contribution in [0.2, 0.25) is 0 Å². The molecule has 2 heterocycles. The first-order valence-corrected chi connectivity index (χ1v) is 9.82. The van der Waals surface area contributed by atoms with E-state index < -0.39 is 0 Å². The van der Waals surface area contributed by atoms with Gasteiger partial charge in [-0.1, -0.05) is 18.2 Å². The number of piperidine rings is 1. The van der Waals surface area contributed by atoms with Crippen molar-refractivity contribution in [1.82, 2.24) is 15.5 Å². The Bertz CT molecular complexity index is 559. The van der Waals surface area contributed by atoms with Crippen molar-refractivity contribution in [2.24, 2.45) is 0 Å². The Morgan fingerprint density at radius 3 is 2.56 bits per heavy atom. The number of halogens is 1. The summed E-state index contributed by atoms with van der Waals surface area (Å²) in [4.78, 5) is 26.5. The Kier molecular flexibility index (Phi) is 8.06. The van der Waals surface area contributed by atoms with Crippen molar-refractivity contribution in [2.45, 2.75) is 31.3 Å². The highest BCUT2D eigenvalue weighted by molar-refractivity contribution is 7.99. The molecule has 5 nitrogen and oxygen atoms in total. The molecule has 0 bridgehead atoms. The van der Waals surface area contributed by atoms with Crippen molar-refractivity contribution in [1.29, 1.82) is 0 Å². The molecule has 2 N–H and O–H groups in total. The van der Waals surface area contributed by atoms with Crippen molar-refractivity contribution in [2.75, 3.05) is 31.1 Å². The number of hydrogen-bond donors (Lipinski definition) is 2. The number of nitrogens with zero attached hydrogens (tertiary/aromatic N) is 1. The van der Waals surface area contributed by atoms with Crippen LogP contribution >= 0.6 is 24.2 Å². The minimum Gasteiger partial charge on any atom is -0.353 e. The van der Waals surface area contributed by atoms with Gasteiger partial charge in [0.05, 0.1) is 0 Å². The number of rotatable bonds is 4. The van der Waals surface area contributed by atoms with Gasteiger partial charge in [0.2, 0.25) is 5.91 Å². The predicted molar refractivity (Wildman–Crippen MR) is 104 cm³/mol. The van der Waals surface area contributed by atoms with Gasteiger partial charge in [0.15, 0.2) is 0 Å². The second-order valence-corrected chi connectivity index (χ2v) is 7.58. The van der Waals surface area contributed by atoms with Crippen molar-refractivity contribution < 1.29 is 9.59 Å². The molecule has 0 aliphatic carbocycles. The van der Waals surface area contributed by atoms with Gasteiger partial charge in [0.25, 0.3) is 5.91 Å². The van der Waals surface area contributed by atoms with E-state index in [0.29, 0.717) is 25.6 Å². The Morgan fingerprint density at radius 2 is 1.92 bits per heavy atom. The van der Waals surface area contributed by atoms with Gasteiger partial charge < -0.3 is 15.5 Å². The van der Waals surface area contributed by atoms with E-state index in [9.17, 15) is 9.59 Å². The molecule has 0 spiro atoms. The van der Waals surface area contributed by atoms with Gasteiger partial charge in [-0.25, -0.2) is 0 Å². The molecule has 2 saturated heterocycles. The third kappa shape index (κ3) is 5.90. The van der Waals surface area contributed by atoms with Crippen LogP contribution in [0.3, 0.4) is 0 Å². The fraction of sp³-hybridized carbons (Fsp3) is 0.556. The van der Waals surface area contributed by atoms with Crippen molar-refractivity contribution in [3.8, 4) is 0 Å². The largest absolute Gasteiger partial charge is 0.353 e. The fourth-order valence-corrected chi connectivity index (χ4v) is 4.20. The highest BCUT2D eigenvalue weighted by Gasteiger charge is 2.25. The average Bonchev–Trinajstić information content (AvgIpc) is 2.63. The van der Waals surface area contributed by atoms with Gasteiger partial charge in [-0.05, 0) is 25.0 Å². The van der Waals surface area contributed by atoms with E-state index >= 15 is 0 Å². The lowest BCUT2D eigenvalue weighted by Crippen LogP contribution is -2.48. The van der Waals surface area contributed by atoms with Crippen LogP contribution in [0.5, 0.6) is 0 Å². The molecule has 138 valence electrons. The third-order valence-electron chi connectivity index (χ3n) is 4.60. The van der Waals surface area contributed by atoms with Crippen LogP contribution in [-0.4, -0.2) is 59.9 Å². The van der Waals surface area contributed by atoms with Gasteiger partial charge in [-0.3, -0.25) is 9.59 Å². The summed E-state index contributed by atoms with van der Waals surface area (Å²) in [6.45, 7) is 2.40. The van der Waals surface area contributed by atoms with Crippen LogP contribution in [0.4, 0.5) is 0 Å². The monoisotopic (exact) mass is 383 g/mol. The maximum atomic E-state index is 12.4. The summed E-state index contributed by atoms with van der Waals surface area (Å²) >= 11 is 1.91. The molecule has 0 saturated carbocycles. The van der Waals surface area contributed by atoms with E-state index in [1.165, 1.54) is 0 Å². The Balaban J connectivity index is 0.00000225. The average molecular weight is 384 g/mol. The van der Waals surface area contributed by atoms with E-state index in [1.54, 1.807) is 0 Å². The molecule has 2 aliphatic rings. The molecule has 0 radical (unpaired) electrons. The summed E-state index contributed by atoms with van der Waals surface area (Å²) in [5, 5.41) is 6.53. The summed E-state index contributed by atoms with van der Waals surface area (Å²) in [7, 11) is 0. The smallest absolute Gasteiger partial charge is 0.253 e. The number of benzene rings is 1. The van der Waals surface area contributed by atoms with Gasteiger partial charge >= 0.3 is 0 Å². The Morgan fingerprint density at radius 1 is 1.20 bits per heavy atom. The minimum atomic E-state index is 0. The molecule has 3 rings (SSSR count). The van der Waals surface area contributed by atoms with Crippen LogP contribution in [0.15, 0.2) is 30.3 Å². The maximum Gasteiger partial charge on any atom is 0.253 e. The molecule has 1 unspecified atom stereocenters. The molecule has 1 aromatic carbocycles. The minimum absolute atomic E-state index is 0. The lowest BCUT2D eigenvalue weighted by atomic mass is 10.0. The Labute approximate surface area is 159 Å². The highest BCUT2D eigenvalue weighted by atomic mass is 35.5. The van der Waals surface area contributed by atoms with Crippen LogP contribution in [0.25, 0.3) is 0 Å². The highest BCUT2D eigenvalue weighted by Crippen LogP contribution is 2.15. The van der Waals surface area contributed by atoms with Gasteiger partial charge in [0, 0.05) is 55.2 Å². The van der Waals surface area contributed by atoms with E-state index in [-0.39, 0.29) is 30.3 Å². The zero-order chi connectivity index (χ0) is 16.8. The van der Waals surface area contributed by atoms with E-state index in [2.05, 4.69) is 10.6 Å². The number of amides is 2. The van der Waals surface area contributed by atoms with E-state index in [0.717, 1.165) is 36.5 Å². The molecule has 25 heavy (non-hydrogen) atoms. The first-order chi connectivity index (χ1) is 11.7. The number of carbonyl (C=O) groups excluding carboxylic acids is 2. The number of hydrogen-bond acceptors (Lipinski definition) is 4. The van der Waals surface area contributed by atoms with Crippen LogP contribution in [0.1, 0.15) is 29.6 Å². The number of nitrogens with one attached hydrogen (secondary N) is 2. The van der Waals surface area contributed by atoms with E-state index in [1.807, 2.05) is 47.0 Å². The van der Waals surface area contributed by atoms with Gasteiger partial charge in [0.1, 0.15) is 0 Å². The van der Waals surface area contributed by atoms with Crippen LogP contribution in [0, 0.1) is 0 Å². The second-order valence-electron chi connectivity index (χ2n) is 6.43. The lowest BCUT2D eigenvalue weighted by Gasteiger charge is -2.33. The third-order valence-corrected chi connectivity index (χ3v) is 5.73. The molecular formula is C18H26ClN3O2S.